The number of hydrogen-bond donors (Lipinski definition) is 1. The fraction of sp³-hybridized carbons (Fsp3) is 0.438. The summed E-state index contributed by atoms with van der Waals surface area (Å²) in [5.41, 5.74) is 0.926. The van der Waals surface area contributed by atoms with E-state index in [9.17, 15) is 14.4 Å². The topological polar surface area (TPSA) is 84.9 Å². The van der Waals surface area contributed by atoms with Gasteiger partial charge in [0.1, 0.15) is 5.25 Å². The molecule has 1 atom stereocenters. The second kappa shape index (κ2) is 8.58. The lowest BCUT2D eigenvalue weighted by molar-refractivity contribution is -0.140. The zero-order valence-electron chi connectivity index (χ0n) is 13.6. The Bertz CT molecular complexity index is 622. The minimum Gasteiger partial charge on any atom is -0.468 e. The number of nitrogens with zero attached hydrogens (tertiary/aromatic N) is 1. The number of esters is 1. The number of benzene rings is 1. The molecule has 0 bridgehead atoms. The first kappa shape index (κ1) is 18.1. The van der Waals surface area contributed by atoms with Gasteiger partial charge in [-0.2, -0.15) is 0 Å². The highest BCUT2D eigenvalue weighted by Gasteiger charge is 2.30. The first-order chi connectivity index (χ1) is 11.5. The van der Waals surface area contributed by atoms with Gasteiger partial charge in [-0.25, -0.2) is 4.79 Å². The highest BCUT2D eigenvalue weighted by atomic mass is 32.2. The van der Waals surface area contributed by atoms with Crippen LogP contribution in [-0.4, -0.2) is 60.7 Å². The largest absolute Gasteiger partial charge is 0.468 e. The average molecular weight is 352 g/mol. The number of methoxy groups -OCH3 is 1. The standard InChI is InChI=1S/C16H20N2O5S/c1-3-23-16(21)17-12-6-4-5-11(9-12)14(19)18-7-8-24-13(10-18)15(20)22-2/h4-6,9,13H,3,7-8,10H2,1-2H3,(H,17,21)/t13-/m1/s1. The molecular weight excluding hydrogens is 332 g/mol. The van der Waals surface area contributed by atoms with Crippen molar-refractivity contribution in [1.82, 2.24) is 4.90 Å². The molecule has 130 valence electrons. The number of rotatable bonds is 4. The van der Waals surface area contributed by atoms with Crippen LogP contribution in [0.2, 0.25) is 0 Å². The van der Waals surface area contributed by atoms with Gasteiger partial charge in [0, 0.05) is 30.1 Å². The Morgan fingerprint density at radius 1 is 1.38 bits per heavy atom. The van der Waals surface area contributed by atoms with Crippen LogP contribution >= 0.6 is 11.8 Å². The molecule has 1 heterocycles. The van der Waals surface area contributed by atoms with E-state index in [-0.39, 0.29) is 23.7 Å². The van der Waals surface area contributed by atoms with Gasteiger partial charge in [0.05, 0.1) is 13.7 Å². The number of ether oxygens (including phenoxy) is 2. The molecule has 0 unspecified atom stereocenters. The highest BCUT2D eigenvalue weighted by molar-refractivity contribution is 8.00. The van der Waals surface area contributed by atoms with Crippen LogP contribution < -0.4 is 5.32 Å². The third-order valence-electron chi connectivity index (χ3n) is 3.45. The average Bonchev–Trinajstić information content (AvgIpc) is 2.61. The van der Waals surface area contributed by atoms with Gasteiger partial charge in [0.25, 0.3) is 5.91 Å². The zero-order valence-corrected chi connectivity index (χ0v) is 14.4. The number of carbonyl (C=O) groups excluding carboxylic acids is 3. The molecule has 1 saturated heterocycles. The fourth-order valence-electron chi connectivity index (χ4n) is 2.31. The molecule has 8 heteroatoms. The Hall–Kier alpha value is -2.22. The molecule has 1 N–H and O–H groups in total. The third kappa shape index (κ3) is 4.64. The molecule has 1 aliphatic heterocycles. The van der Waals surface area contributed by atoms with E-state index in [1.807, 2.05) is 0 Å². The van der Waals surface area contributed by atoms with Crippen LogP contribution in [0.3, 0.4) is 0 Å². The SMILES string of the molecule is CCOC(=O)Nc1cccc(C(=O)N2CCS[C@@H](C(=O)OC)C2)c1. The molecule has 7 nitrogen and oxygen atoms in total. The van der Waals surface area contributed by atoms with Gasteiger partial charge in [-0.05, 0) is 25.1 Å². The maximum absolute atomic E-state index is 12.6. The minimum absolute atomic E-state index is 0.184. The summed E-state index contributed by atoms with van der Waals surface area (Å²) in [7, 11) is 1.34. The van der Waals surface area contributed by atoms with E-state index < -0.39 is 6.09 Å². The minimum atomic E-state index is -0.567. The lowest BCUT2D eigenvalue weighted by Crippen LogP contribution is -2.44. The number of carbonyl (C=O) groups is 3. The van der Waals surface area contributed by atoms with Crippen molar-refractivity contribution in [2.45, 2.75) is 12.2 Å². The van der Waals surface area contributed by atoms with Crippen molar-refractivity contribution in [3.63, 3.8) is 0 Å². The molecule has 2 rings (SSSR count). The van der Waals surface area contributed by atoms with E-state index in [0.717, 1.165) is 0 Å². The van der Waals surface area contributed by atoms with Crippen LogP contribution in [0.25, 0.3) is 0 Å². The molecule has 24 heavy (non-hydrogen) atoms. The summed E-state index contributed by atoms with van der Waals surface area (Å²) in [5, 5.41) is 2.20. The Labute approximate surface area is 144 Å². The summed E-state index contributed by atoms with van der Waals surface area (Å²) in [6.07, 6.45) is -0.567. The molecule has 1 aliphatic rings. The van der Waals surface area contributed by atoms with Gasteiger partial charge < -0.3 is 14.4 Å². The Morgan fingerprint density at radius 3 is 2.88 bits per heavy atom. The molecule has 0 radical (unpaired) electrons. The van der Waals surface area contributed by atoms with Crippen molar-refractivity contribution in [2.24, 2.45) is 0 Å². The summed E-state index contributed by atoms with van der Waals surface area (Å²) in [6.45, 7) is 2.86. The zero-order chi connectivity index (χ0) is 17.5. The normalized spacial score (nSPS) is 17.1. The summed E-state index contributed by atoms with van der Waals surface area (Å²) in [5.74, 6) is 0.165. The molecular formula is C16H20N2O5S. The Balaban J connectivity index is 2.06. The van der Waals surface area contributed by atoms with Gasteiger partial charge in [-0.1, -0.05) is 6.07 Å². The predicted octanol–water partition coefficient (Wildman–Crippen LogP) is 1.99. The number of thioether (sulfide) groups is 1. The summed E-state index contributed by atoms with van der Waals surface area (Å²) in [4.78, 5) is 37.4. The second-order valence-corrected chi connectivity index (χ2v) is 6.37. The van der Waals surface area contributed by atoms with E-state index in [4.69, 9.17) is 9.47 Å². The Morgan fingerprint density at radius 2 is 2.17 bits per heavy atom. The lowest BCUT2D eigenvalue weighted by atomic mass is 10.1. The number of amides is 2. The van der Waals surface area contributed by atoms with Crippen molar-refractivity contribution in [1.29, 1.82) is 0 Å². The van der Waals surface area contributed by atoms with Crippen molar-refractivity contribution >= 4 is 35.4 Å². The summed E-state index contributed by atoms with van der Waals surface area (Å²) in [6, 6.07) is 6.63. The Kier molecular flexibility index (Phi) is 6.48. The van der Waals surface area contributed by atoms with Gasteiger partial charge in [-0.15, -0.1) is 11.8 Å². The third-order valence-corrected chi connectivity index (χ3v) is 4.61. The van der Waals surface area contributed by atoms with Gasteiger partial charge in [0.2, 0.25) is 0 Å². The molecule has 0 spiro atoms. The van der Waals surface area contributed by atoms with Crippen molar-refractivity contribution < 1.29 is 23.9 Å². The van der Waals surface area contributed by atoms with E-state index in [1.165, 1.54) is 18.9 Å². The van der Waals surface area contributed by atoms with Crippen LogP contribution in [0.4, 0.5) is 10.5 Å². The smallest absolute Gasteiger partial charge is 0.411 e. The highest BCUT2D eigenvalue weighted by Crippen LogP contribution is 2.22. The maximum Gasteiger partial charge on any atom is 0.411 e. The predicted molar refractivity (Wildman–Crippen MR) is 91.3 cm³/mol. The van der Waals surface area contributed by atoms with Crippen LogP contribution in [0.15, 0.2) is 24.3 Å². The molecule has 2 amide bonds. The molecule has 1 aromatic rings. The van der Waals surface area contributed by atoms with Gasteiger partial charge >= 0.3 is 12.1 Å². The second-order valence-electron chi connectivity index (χ2n) is 5.06. The number of nitrogens with one attached hydrogen (secondary N) is 1. The van der Waals surface area contributed by atoms with Gasteiger partial charge in [0.15, 0.2) is 0 Å². The van der Waals surface area contributed by atoms with E-state index >= 15 is 0 Å². The summed E-state index contributed by atoms with van der Waals surface area (Å²) >= 11 is 1.49. The van der Waals surface area contributed by atoms with Crippen molar-refractivity contribution in [3.05, 3.63) is 29.8 Å². The first-order valence-corrected chi connectivity index (χ1v) is 8.62. The van der Waals surface area contributed by atoms with Crippen LogP contribution in [0.1, 0.15) is 17.3 Å². The number of anilines is 1. The number of hydrogen-bond acceptors (Lipinski definition) is 6. The quantitative estimate of drug-likeness (QED) is 0.834. The fourth-order valence-corrected chi connectivity index (χ4v) is 3.43. The van der Waals surface area contributed by atoms with Crippen LogP contribution in [0, 0.1) is 0 Å². The van der Waals surface area contributed by atoms with Crippen molar-refractivity contribution in [2.75, 3.05) is 37.9 Å². The van der Waals surface area contributed by atoms with E-state index in [0.29, 0.717) is 30.1 Å². The van der Waals surface area contributed by atoms with E-state index in [2.05, 4.69) is 5.32 Å². The monoisotopic (exact) mass is 352 g/mol. The van der Waals surface area contributed by atoms with Crippen LogP contribution in [-0.2, 0) is 14.3 Å². The molecule has 0 aromatic heterocycles. The summed E-state index contributed by atoms with van der Waals surface area (Å²) < 4.78 is 9.57. The lowest BCUT2D eigenvalue weighted by Gasteiger charge is -2.31. The van der Waals surface area contributed by atoms with Crippen LogP contribution in [0.5, 0.6) is 0 Å². The molecule has 0 aliphatic carbocycles. The first-order valence-electron chi connectivity index (χ1n) is 7.57. The molecule has 1 aromatic carbocycles. The van der Waals surface area contributed by atoms with Crippen molar-refractivity contribution in [3.8, 4) is 0 Å². The maximum atomic E-state index is 12.6. The molecule has 1 fully saturated rings. The van der Waals surface area contributed by atoms with Gasteiger partial charge in [-0.3, -0.25) is 14.9 Å². The molecule has 0 saturated carbocycles. The van der Waals surface area contributed by atoms with E-state index in [1.54, 1.807) is 36.1 Å².